The van der Waals surface area contributed by atoms with E-state index in [1.54, 1.807) is 30.7 Å². The number of aromatic amines is 1. The topological polar surface area (TPSA) is 90.8 Å². The molecule has 0 unspecified atom stereocenters. The van der Waals surface area contributed by atoms with Crippen LogP contribution < -0.4 is 4.90 Å². The van der Waals surface area contributed by atoms with Crippen LogP contribution in [-0.4, -0.2) is 49.7 Å². The van der Waals surface area contributed by atoms with Crippen LogP contribution >= 0.6 is 0 Å². The Morgan fingerprint density at radius 3 is 2.69 bits per heavy atom. The highest BCUT2D eigenvalue weighted by Crippen LogP contribution is 2.34. The van der Waals surface area contributed by atoms with Gasteiger partial charge in [0.1, 0.15) is 11.9 Å². The summed E-state index contributed by atoms with van der Waals surface area (Å²) in [6.45, 7) is 2.11. The third-order valence-electron chi connectivity index (χ3n) is 5.83. The van der Waals surface area contributed by atoms with E-state index in [4.69, 9.17) is 0 Å². The van der Waals surface area contributed by atoms with Crippen molar-refractivity contribution in [2.75, 3.05) is 11.9 Å². The minimum Gasteiger partial charge on any atom is -0.507 e. The third-order valence-corrected chi connectivity index (χ3v) is 5.83. The number of anilines is 1. The summed E-state index contributed by atoms with van der Waals surface area (Å²) in [7, 11) is 1.91. The quantitative estimate of drug-likeness (QED) is 0.678. The Morgan fingerprint density at radius 1 is 1.17 bits per heavy atom. The van der Waals surface area contributed by atoms with Gasteiger partial charge in [-0.1, -0.05) is 19.4 Å². The summed E-state index contributed by atoms with van der Waals surface area (Å²) in [5, 5.41) is 25.6. The van der Waals surface area contributed by atoms with Crippen molar-refractivity contribution in [3.8, 4) is 28.3 Å². The summed E-state index contributed by atoms with van der Waals surface area (Å²) in [5.41, 5.74) is 2.23. The maximum Gasteiger partial charge on any atom is 0.185 e. The van der Waals surface area contributed by atoms with Gasteiger partial charge >= 0.3 is 0 Å². The maximum absolute atomic E-state index is 14.1. The van der Waals surface area contributed by atoms with E-state index in [9.17, 15) is 9.50 Å². The summed E-state index contributed by atoms with van der Waals surface area (Å²) >= 11 is 0. The van der Waals surface area contributed by atoms with Crippen molar-refractivity contribution in [2.24, 2.45) is 5.92 Å². The van der Waals surface area contributed by atoms with E-state index in [2.05, 4.69) is 32.3 Å². The SMILES string of the molecule is CC[C@H]1C[C@@H](F)C[C@H](N(C)c2cnc(-c3ccc(-c4cn[nH]c4)cc3O)nn2)C1. The van der Waals surface area contributed by atoms with Crippen molar-refractivity contribution in [3.05, 3.63) is 36.8 Å². The molecule has 0 radical (unpaired) electrons. The van der Waals surface area contributed by atoms with Crippen LogP contribution in [0.25, 0.3) is 22.5 Å². The van der Waals surface area contributed by atoms with Crippen molar-refractivity contribution in [1.29, 1.82) is 0 Å². The summed E-state index contributed by atoms with van der Waals surface area (Å²) in [6, 6.07) is 5.38. The number of benzene rings is 1. The number of rotatable bonds is 5. The van der Waals surface area contributed by atoms with E-state index in [1.165, 1.54) is 0 Å². The summed E-state index contributed by atoms with van der Waals surface area (Å²) in [5.74, 6) is 1.43. The van der Waals surface area contributed by atoms with Crippen LogP contribution in [0.5, 0.6) is 5.75 Å². The molecule has 2 aromatic heterocycles. The lowest BCUT2D eigenvalue weighted by atomic mass is 9.82. The van der Waals surface area contributed by atoms with Gasteiger partial charge in [0.05, 0.1) is 18.0 Å². The molecule has 3 aromatic rings. The van der Waals surface area contributed by atoms with Crippen molar-refractivity contribution in [2.45, 2.75) is 44.8 Å². The number of aromatic hydroxyl groups is 1. The molecule has 1 saturated carbocycles. The molecular weight excluding hydrogens is 371 g/mol. The molecule has 0 spiro atoms. The smallest absolute Gasteiger partial charge is 0.185 e. The zero-order valence-electron chi connectivity index (χ0n) is 16.6. The first-order valence-corrected chi connectivity index (χ1v) is 9.94. The number of H-pyrrole nitrogens is 1. The minimum atomic E-state index is -0.771. The predicted octanol–water partition coefficient (Wildman–Crippen LogP) is 3.99. The van der Waals surface area contributed by atoms with E-state index >= 15 is 0 Å². The number of alkyl halides is 1. The van der Waals surface area contributed by atoms with Gasteiger partial charge in [-0.25, -0.2) is 9.37 Å². The monoisotopic (exact) mass is 396 g/mol. The van der Waals surface area contributed by atoms with Gasteiger partial charge in [-0.05, 0) is 42.9 Å². The normalized spacial score (nSPS) is 21.8. The Hall–Kier alpha value is -3.03. The van der Waals surface area contributed by atoms with Crippen molar-refractivity contribution in [3.63, 3.8) is 0 Å². The van der Waals surface area contributed by atoms with Crippen LogP contribution in [-0.2, 0) is 0 Å². The fourth-order valence-corrected chi connectivity index (χ4v) is 4.03. The molecule has 4 rings (SSSR count). The molecule has 0 bridgehead atoms. The fraction of sp³-hybridized carbons (Fsp3) is 0.429. The number of halogens is 1. The van der Waals surface area contributed by atoms with E-state index in [1.807, 2.05) is 18.0 Å². The van der Waals surface area contributed by atoms with Gasteiger partial charge in [-0.3, -0.25) is 5.10 Å². The number of hydrogen-bond donors (Lipinski definition) is 2. The highest BCUT2D eigenvalue weighted by Gasteiger charge is 2.31. The second-order valence-corrected chi connectivity index (χ2v) is 7.70. The molecule has 2 heterocycles. The maximum atomic E-state index is 14.1. The van der Waals surface area contributed by atoms with Gasteiger partial charge in [0.15, 0.2) is 11.6 Å². The number of hydrogen-bond acceptors (Lipinski definition) is 6. The Kier molecular flexibility index (Phi) is 5.42. The van der Waals surface area contributed by atoms with Crippen LogP contribution in [0.15, 0.2) is 36.8 Å². The van der Waals surface area contributed by atoms with Gasteiger partial charge in [-0.15, -0.1) is 10.2 Å². The molecule has 7 nitrogen and oxygen atoms in total. The lowest BCUT2D eigenvalue weighted by Gasteiger charge is -2.36. The van der Waals surface area contributed by atoms with Crippen LogP contribution in [0.3, 0.4) is 0 Å². The molecule has 1 aromatic carbocycles. The Labute approximate surface area is 169 Å². The van der Waals surface area contributed by atoms with Crippen LogP contribution in [0, 0.1) is 5.92 Å². The zero-order valence-corrected chi connectivity index (χ0v) is 16.6. The Morgan fingerprint density at radius 2 is 2.03 bits per heavy atom. The molecule has 29 heavy (non-hydrogen) atoms. The lowest BCUT2D eigenvalue weighted by molar-refractivity contribution is 0.174. The molecule has 0 saturated heterocycles. The van der Waals surface area contributed by atoms with Gasteiger partial charge < -0.3 is 10.0 Å². The number of nitrogens with one attached hydrogen (secondary N) is 1. The Balaban J connectivity index is 1.52. The molecule has 152 valence electrons. The van der Waals surface area contributed by atoms with E-state index < -0.39 is 6.17 Å². The molecule has 8 heteroatoms. The summed E-state index contributed by atoms with van der Waals surface area (Å²) < 4.78 is 14.1. The highest BCUT2D eigenvalue weighted by atomic mass is 19.1. The van der Waals surface area contributed by atoms with E-state index in [0.717, 1.165) is 24.0 Å². The molecule has 0 amide bonds. The molecule has 0 aliphatic heterocycles. The molecule has 2 N–H and O–H groups in total. The van der Waals surface area contributed by atoms with Crippen LogP contribution in [0.1, 0.15) is 32.6 Å². The molecule has 1 fully saturated rings. The average Bonchev–Trinajstić information content (AvgIpc) is 3.28. The van der Waals surface area contributed by atoms with Crippen LogP contribution in [0.4, 0.5) is 10.2 Å². The number of nitrogens with zero attached hydrogens (tertiary/aromatic N) is 5. The first kappa shape index (κ1) is 19.3. The molecule has 1 aliphatic carbocycles. The first-order chi connectivity index (χ1) is 14.0. The average molecular weight is 396 g/mol. The fourth-order valence-electron chi connectivity index (χ4n) is 4.03. The predicted molar refractivity (Wildman–Crippen MR) is 109 cm³/mol. The molecule has 1 aliphatic rings. The minimum absolute atomic E-state index is 0.0740. The number of aromatic nitrogens is 5. The lowest BCUT2D eigenvalue weighted by Crippen LogP contribution is -2.40. The zero-order chi connectivity index (χ0) is 20.4. The second-order valence-electron chi connectivity index (χ2n) is 7.70. The van der Waals surface area contributed by atoms with Crippen molar-refractivity contribution >= 4 is 5.82 Å². The van der Waals surface area contributed by atoms with Gasteiger partial charge in [0.25, 0.3) is 0 Å². The first-order valence-electron chi connectivity index (χ1n) is 9.94. The standard InChI is InChI=1S/C21H25FN6O/c1-3-13-6-16(22)9-17(7-13)28(2)20-12-23-21(27-26-20)18-5-4-14(8-19(18)29)15-10-24-25-11-15/h4-5,8,10-13,16-17,29H,3,6-7,9H2,1-2H3,(H,24,25)/t13-,16+,17+/m0/s1. The molecule has 3 atom stereocenters. The molecular formula is C21H25FN6O. The van der Waals surface area contributed by atoms with Crippen molar-refractivity contribution < 1.29 is 9.50 Å². The van der Waals surface area contributed by atoms with E-state index in [-0.39, 0.29) is 11.8 Å². The summed E-state index contributed by atoms with van der Waals surface area (Å²) in [4.78, 5) is 6.36. The van der Waals surface area contributed by atoms with Gasteiger partial charge in [0, 0.05) is 24.8 Å². The van der Waals surface area contributed by atoms with Gasteiger partial charge in [0.2, 0.25) is 0 Å². The van der Waals surface area contributed by atoms with Crippen LogP contribution in [0.2, 0.25) is 0 Å². The third kappa shape index (κ3) is 4.06. The van der Waals surface area contributed by atoms with E-state index in [0.29, 0.717) is 36.0 Å². The second kappa shape index (κ2) is 8.14. The van der Waals surface area contributed by atoms with Crippen molar-refractivity contribution in [1.82, 2.24) is 25.4 Å². The highest BCUT2D eigenvalue weighted by molar-refractivity contribution is 5.72. The largest absolute Gasteiger partial charge is 0.507 e. The number of phenols is 1. The number of phenolic OH excluding ortho intramolecular Hbond substituents is 1. The summed E-state index contributed by atoms with van der Waals surface area (Å²) in [6.07, 6.45) is 7.40. The Bertz CT molecular complexity index is 946. The van der Waals surface area contributed by atoms with Gasteiger partial charge in [-0.2, -0.15) is 5.10 Å².